The lowest BCUT2D eigenvalue weighted by Gasteiger charge is -2.18. The van der Waals surface area contributed by atoms with Gasteiger partial charge in [0.1, 0.15) is 0 Å². The normalized spacial score (nSPS) is 18.8. The Kier molecular flexibility index (Phi) is 7.25. The van der Waals surface area contributed by atoms with Gasteiger partial charge in [0.2, 0.25) is 0 Å². The third-order valence-corrected chi connectivity index (χ3v) is 1.98. The molecular weight excluding hydrogens is 169 g/mol. The Bertz CT molecular complexity index is 89.5. The highest BCUT2D eigenvalue weighted by atomic mass is 19.4. The predicted molar refractivity (Wildman–Crippen MR) is 40.8 cm³/mol. The summed E-state index contributed by atoms with van der Waals surface area (Å²) in [5, 5.41) is 8.69. The molecule has 0 bridgehead atoms. The molecular formula is C8H15F3O. The van der Waals surface area contributed by atoms with Crippen molar-refractivity contribution >= 4 is 0 Å². The van der Waals surface area contributed by atoms with Gasteiger partial charge in [-0.1, -0.05) is 19.3 Å². The van der Waals surface area contributed by atoms with Crippen LogP contribution in [0.15, 0.2) is 0 Å². The molecule has 1 saturated carbocycles. The summed E-state index contributed by atoms with van der Waals surface area (Å²) >= 11 is 0. The molecule has 0 heterocycles. The maximum atomic E-state index is 9.67. The van der Waals surface area contributed by atoms with Crippen molar-refractivity contribution in [1.82, 2.24) is 0 Å². The van der Waals surface area contributed by atoms with Crippen LogP contribution in [0.4, 0.5) is 13.2 Å². The van der Waals surface area contributed by atoms with Crippen molar-refractivity contribution < 1.29 is 18.3 Å². The van der Waals surface area contributed by atoms with Gasteiger partial charge in [-0.15, -0.1) is 0 Å². The highest BCUT2D eigenvalue weighted by Gasteiger charge is 2.10. The number of aliphatic hydroxyl groups excluding tert-OH is 1. The van der Waals surface area contributed by atoms with Gasteiger partial charge in [-0.2, -0.15) is 13.2 Å². The van der Waals surface area contributed by atoms with E-state index in [1.54, 1.807) is 0 Å². The fourth-order valence-electron chi connectivity index (χ4n) is 1.37. The molecule has 0 radical (unpaired) electrons. The van der Waals surface area contributed by atoms with Crippen molar-refractivity contribution in [2.45, 2.75) is 38.8 Å². The van der Waals surface area contributed by atoms with Gasteiger partial charge in [0.05, 0.1) is 0 Å². The van der Waals surface area contributed by atoms with Crippen molar-refractivity contribution in [1.29, 1.82) is 0 Å². The van der Waals surface area contributed by atoms with Gasteiger partial charge in [0.25, 0.3) is 0 Å². The minimum Gasteiger partial charge on any atom is -0.396 e. The molecule has 0 aliphatic heterocycles. The van der Waals surface area contributed by atoms with Crippen LogP contribution in [0, 0.1) is 5.92 Å². The molecule has 0 aromatic heterocycles. The number of hydrogen-bond acceptors (Lipinski definition) is 1. The van der Waals surface area contributed by atoms with Crippen LogP contribution < -0.4 is 0 Å². The molecule has 0 atom stereocenters. The third kappa shape index (κ3) is 7.85. The number of hydrogen-bond donors (Lipinski definition) is 1. The molecule has 4 heteroatoms. The highest BCUT2D eigenvalue weighted by Crippen LogP contribution is 2.22. The smallest absolute Gasteiger partial charge is 0.379 e. The summed E-state index contributed by atoms with van der Waals surface area (Å²) in [6.45, 7) is -3.25. The van der Waals surface area contributed by atoms with E-state index in [1.807, 2.05) is 0 Å². The van der Waals surface area contributed by atoms with Gasteiger partial charge in [0, 0.05) is 6.61 Å². The van der Waals surface area contributed by atoms with E-state index in [0.29, 0.717) is 12.5 Å². The van der Waals surface area contributed by atoms with E-state index in [9.17, 15) is 13.2 Å². The number of alkyl halides is 3. The summed E-state index contributed by atoms with van der Waals surface area (Å²) in [5.41, 5.74) is 0. The Labute approximate surface area is 70.6 Å². The second-order valence-electron chi connectivity index (χ2n) is 2.93. The van der Waals surface area contributed by atoms with E-state index >= 15 is 0 Å². The summed E-state index contributed by atoms with van der Waals surface area (Å²) in [7, 11) is 0. The highest BCUT2D eigenvalue weighted by molar-refractivity contribution is 4.63. The van der Waals surface area contributed by atoms with Gasteiger partial charge in [0.15, 0.2) is 0 Å². The molecule has 1 fully saturated rings. The van der Waals surface area contributed by atoms with Crippen LogP contribution in [0.25, 0.3) is 0 Å². The second-order valence-corrected chi connectivity index (χ2v) is 2.93. The zero-order valence-electron chi connectivity index (χ0n) is 6.98. The number of rotatable bonds is 1. The van der Waals surface area contributed by atoms with Crippen LogP contribution >= 0.6 is 0 Å². The first kappa shape index (κ1) is 11.8. The van der Waals surface area contributed by atoms with Crippen LogP contribution in [-0.2, 0) is 0 Å². The minimum atomic E-state index is -3.67. The van der Waals surface area contributed by atoms with E-state index in [2.05, 4.69) is 0 Å². The van der Waals surface area contributed by atoms with Crippen LogP contribution in [0.1, 0.15) is 32.1 Å². The van der Waals surface area contributed by atoms with E-state index in [4.69, 9.17) is 5.11 Å². The molecule has 0 amide bonds. The molecule has 1 N–H and O–H groups in total. The molecule has 1 aliphatic carbocycles. The Morgan fingerprint density at radius 1 is 1.08 bits per heavy atom. The monoisotopic (exact) mass is 184 g/mol. The zero-order chi connectivity index (χ0) is 9.40. The average Bonchev–Trinajstić information content (AvgIpc) is 2.05. The summed E-state index contributed by atoms with van der Waals surface area (Å²) in [5.74, 6) is 0.642. The maximum absolute atomic E-state index is 9.67. The lowest BCUT2D eigenvalue weighted by atomic mass is 9.90. The fourth-order valence-corrected chi connectivity index (χ4v) is 1.37. The maximum Gasteiger partial charge on any atom is 0.379 e. The third-order valence-electron chi connectivity index (χ3n) is 1.98. The molecule has 0 aromatic rings. The molecule has 1 aliphatic rings. The van der Waals surface area contributed by atoms with Gasteiger partial charge >= 0.3 is 6.68 Å². The number of aliphatic hydroxyl groups is 1. The van der Waals surface area contributed by atoms with E-state index in [-0.39, 0.29) is 0 Å². The predicted octanol–water partition coefficient (Wildman–Crippen LogP) is 2.74. The lowest BCUT2D eigenvalue weighted by molar-refractivity contribution is 0.00819. The SMILES string of the molecule is FC(F)F.OCC1CCCCC1. The van der Waals surface area contributed by atoms with Gasteiger partial charge in [-0.25, -0.2) is 0 Å². The quantitative estimate of drug-likeness (QED) is 0.664. The minimum absolute atomic E-state index is 0.417. The van der Waals surface area contributed by atoms with Crippen molar-refractivity contribution in [2.75, 3.05) is 6.61 Å². The molecule has 1 nitrogen and oxygen atoms in total. The Morgan fingerprint density at radius 3 is 1.75 bits per heavy atom. The summed E-state index contributed by atoms with van der Waals surface area (Å²) < 4.78 is 29.0. The molecule has 12 heavy (non-hydrogen) atoms. The summed E-state index contributed by atoms with van der Waals surface area (Å²) in [6, 6.07) is 0. The van der Waals surface area contributed by atoms with Crippen molar-refractivity contribution in [3.63, 3.8) is 0 Å². The Hall–Kier alpha value is -0.250. The first-order chi connectivity index (χ1) is 5.66. The lowest BCUT2D eigenvalue weighted by Crippen LogP contribution is -2.09. The zero-order valence-corrected chi connectivity index (χ0v) is 6.98. The van der Waals surface area contributed by atoms with E-state index in [0.717, 1.165) is 0 Å². The molecule has 0 spiro atoms. The number of halogens is 3. The largest absolute Gasteiger partial charge is 0.396 e. The van der Waals surface area contributed by atoms with Crippen molar-refractivity contribution in [3.05, 3.63) is 0 Å². The molecule has 0 saturated heterocycles. The van der Waals surface area contributed by atoms with E-state index < -0.39 is 6.68 Å². The first-order valence-corrected chi connectivity index (χ1v) is 4.20. The Morgan fingerprint density at radius 2 is 1.50 bits per heavy atom. The van der Waals surface area contributed by atoms with Crippen LogP contribution in [-0.4, -0.2) is 18.4 Å². The molecule has 0 aromatic carbocycles. The first-order valence-electron chi connectivity index (χ1n) is 4.20. The van der Waals surface area contributed by atoms with Crippen molar-refractivity contribution in [2.24, 2.45) is 5.92 Å². The molecule has 0 unspecified atom stereocenters. The Balaban J connectivity index is 0.000000261. The van der Waals surface area contributed by atoms with Crippen molar-refractivity contribution in [3.8, 4) is 0 Å². The molecule has 1 rings (SSSR count). The van der Waals surface area contributed by atoms with Crippen LogP contribution in [0.5, 0.6) is 0 Å². The topological polar surface area (TPSA) is 20.2 Å². The van der Waals surface area contributed by atoms with Crippen LogP contribution in [0.2, 0.25) is 0 Å². The van der Waals surface area contributed by atoms with Gasteiger partial charge < -0.3 is 5.11 Å². The average molecular weight is 184 g/mol. The second kappa shape index (κ2) is 7.40. The van der Waals surface area contributed by atoms with Gasteiger partial charge in [-0.05, 0) is 18.8 Å². The fraction of sp³-hybridized carbons (Fsp3) is 1.00. The summed E-state index contributed by atoms with van der Waals surface area (Å²) in [6.07, 6.45) is 6.58. The standard InChI is InChI=1S/C7H14O.CHF3/c8-6-7-4-2-1-3-5-7;2-1(3)4/h7-8H,1-6H2;1H. The van der Waals surface area contributed by atoms with Gasteiger partial charge in [-0.3, -0.25) is 0 Å². The van der Waals surface area contributed by atoms with E-state index in [1.165, 1.54) is 32.1 Å². The molecule has 74 valence electrons. The van der Waals surface area contributed by atoms with Crippen LogP contribution in [0.3, 0.4) is 0 Å². The summed E-state index contributed by atoms with van der Waals surface area (Å²) in [4.78, 5) is 0.